The zero-order chi connectivity index (χ0) is 23.0. The minimum Gasteiger partial charge on any atom is -0.390 e. The first-order valence-electron chi connectivity index (χ1n) is 11.5. The van der Waals surface area contributed by atoms with Crippen molar-refractivity contribution in [1.29, 1.82) is 0 Å². The number of hydrogen-bond donors (Lipinski definition) is 2. The fourth-order valence-electron chi connectivity index (χ4n) is 7.49. The number of halogens is 1. The van der Waals surface area contributed by atoms with Crippen LogP contribution < -0.4 is 0 Å². The number of alkyl halides is 1. The van der Waals surface area contributed by atoms with E-state index < -0.39 is 34.1 Å². The Morgan fingerprint density at radius 1 is 1.32 bits per heavy atom. The fraction of sp³-hybridized carbons (Fsp3) is 0.760. The minimum absolute atomic E-state index is 0.0103. The summed E-state index contributed by atoms with van der Waals surface area (Å²) >= 11 is 0. The van der Waals surface area contributed by atoms with Crippen LogP contribution in [0.2, 0.25) is 0 Å². The highest BCUT2D eigenvalue weighted by Crippen LogP contribution is 2.70. The molecule has 0 spiro atoms. The standard InChI is InChI=1S/C25H35FO5/c1-14(2)31-13-21(29)25(30)15(3)10-19-18-7-6-16-11-17(27)8-9-22(16,4)24(18,26)20(28)12-23(19,25)5/h8-9,11,14-15,18-20,28,30H,6-7,10,12-13H2,1-5H3/t15-,18?,19?,20+,22+,23+,24+,25+/m1/s1. The summed E-state index contributed by atoms with van der Waals surface area (Å²) in [6.07, 6.45) is 4.58. The topological polar surface area (TPSA) is 83.8 Å². The minimum atomic E-state index is -1.96. The Labute approximate surface area is 183 Å². The van der Waals surface area contributed by atoms with Crippen LogP contribution >= 0.6 is 0 Å². The molecule has 0 aromatic rings. The molecule has 8 atom stereocenters. The number of ketones is 2. The zero-order valence-electron chi connectivity index (χ0n) is 19.2. The average molecular weight is 435 g/mol. The normalized spacial score (nSPS) is 48.8. The van der Waals surface area contributed by atoms with Gasteiger partial charge in [0.15, 0.2) is 17.2 Å². The van der Waals surface area contributed by atoms with E-state index in [0.29, 0.717) is 19.3 Å². The summed E-state index contributed by atoms with van der Waals surface area (Å²) in [6, 6.07) is 0. The first-order chi connectivity index (χ1) is 14.3. The third-order valence-corrected chi connectivity index (χ3v) is 9.20. The molecule has 0 radical (unpaired) electrons. The van der Waals surface area contributed by atoms with E-state index in [0.717, 1.165) is 5.57 Å². The summed E-state index contributed by atoms with van der Waals surface area (Å²) in [7, 11) is 0. The van der Waals surface area contributed by atoms with Crippen LogP contribution in [0.1, 0.15) is 60.3 Å². The monoisotopic (exact) mass is 434 g/mol. The summed E-state index contributed by atoms with van der Waals surface area (Å²) in [4.78, 5) is 25.1. The van der Waals surface area contributed by atoms with E-state index in [1.54, 1.807) is 13.0 Å². The Kier molecular flexibility index (Phi) is 5.20. The Morgan fingerprint density at radius 2 is 2.00 bits per heavy atom. The molecule has 3 saturated carbocycles. The van der Waals surface area contributed by atoms with Gasteiger partial charge >= 0.3 is 0 Å². The Balaban J connectivity index is 1.75. The molecular weight excluding hydrogens is 399 g/mol. The van der Waals surface area contributed by atoms with E-state index in [1.807, 2.05) is 27.7 Å². The van der Waals surface area contributed by atoms with Crippen molar-refractivity contribution in [2.24, 2.45) is 28.6 Å². The van der Waals surface area contributed by atoms with Crippen molar-refractivity contribution >= 4 is 11.6 Å². The molecule has 2 unspecified atom stereocenters. The second-order valence-electron chi connectivity index (χ2n) is 11.0. The van der Waals surface area contributed by atoms with Crippen molar-refractivity contribution in [3.05, 3.63) is 23.8 Å². The lowest BCUT2D eigenvalue weighted by Crippen LogP contribution is -2.69. The maximum atomic E-state index is 17.1. The summed E-state index contributed by atoms with van der Waals surface area (Å²) in [6.45, 7) is 8.92. The van der Waals surface area contributed by atoms with Crippen molar-refractivity contribution in [2.45, 2.75) is 83.8 Å². The first kappa shape index (κ1) is 22.8. The average Bonchev–Trinajstić information content (AvgIpc) is 2.89. The van der Waals surface area contributed by atoms with E-state index in [-0.39, 0.29) is 42.5 Å². The highest BCUT2D eigenvalue weighted by atomic mass is 19.1. The maximum absolute atomic E-state index is 17.1. The first-order valence-corrected chi connectivity index (χ1v) is 11.5. The highest BCUT2D eigenvalue weighted by Gasteiger charge is 2.75. The summed E-state index contributed by atoms with van der Waals surface area (Å²) < 4.78 is 22.6. The number of fused-ring (bicyclic) bond motifs is 5. The van der Waals surface area contributed by atoms with Crippen LogP contribution in [0, 0.1) is 28.6 Å². The molecule has 2 N–H and O–H groups in total. The molecule has 0 aromatic heterocycles. The third-order valence-electron chi connectivity index (χ3n) is 9.20. The van der Waals surface area contributed by atoms with Gasteiger partial charge in [0, 0.05) is 16.7 Å². The second kappa shape index (κ2) is 7.06. The van der Waals surface area contributed by atoms with E-state index in [1.165, 1.54) is 12.2 Å². The second-order valence-corrected chi connectivity index (χ2v) is 11.0. The van der Waals surface area contributed by atoms with E-state index >= 15 is 4.39 Å². The van der Waals surface area contributed by atoms with Crippen LogP contribution in [0.5, 0.6) is 0 Å². The molecule has 4 aliphatic rings. The number of carbonyl (C=O) groups excluding carboxylic acids is 2. The van der Waals surface area contributed by atoms with Crippen molar-refractivity contribution in [3.63, 3.8) is 0 Å². The number of aliphatic hydroxyl groups is 2. The largest absolute Gasteiger partial charge is 0.390 e. The lowest BCUT2D eigenvalue weighted by Gasteiger charge is -2.62. The molecule has 4 aliphatic carbocycles. The van der Waals surface area contributed by atoms with Crippen molar-refractivity contribution < 1.29 is 28.9 Å². The van der Waals surface area contributed by atoms with Gasteiger partial charge < -0.3 is 14.9 Å². The molecule has 3 fully saturated rings. The SMILES string of the molecule is CC(C)OCC(=O)[C@@]1(O)[C@H](C)CC2C3CCC4=CC(=O)C=C[C@]4(C)[C@@]3(F)[C@@H](O)C[C@@]21C. The highest BCUT2D eigenvalue weighted by molar-refractivity contribution is 6.01. The molecule has 0 aromatic carbocycles. The third kappa shape index (κ3) is 2.77. The number of hydrogen-bond acceptors (Lipinski definition) is 5. The van der Waals surface area contributed by atoms with Crippen LogP contribution in [0.3, 0.4) is 0 Å². The molecule has 4 rings (SSSR count). The van der Waals surface area contributed by atoms with Crippen LogP contribution in [0.15, 0.2) is 23.8 Å². The van der Waals surface area contributed by atoms with Gasteiger partial charge in [0.05, 0.1) is 12.2 Å². The Bertz CT molecular complexity index is 864. The van der Waals surface area contributed by atoms with E-state index in [4.69, 9.17) is 4.74 Å². The number of rotatable bonds is 4. The molecule has 0 aliphatic heterocycles. The van der Waals surface area contributed by atoms with Gasteiger partial charge in [0.2, 0.25) is 0 Å². The molecular formula is C25H35FO5. The van der Waals surface area contributed by atoms with Gasteiger partial charge in [-0.1, -0.05) is 25.5 Å². The van der Waals surface area contributed by atoms with Crippen LogP contribution in [0.25, 0.3) is 0 Å². The van der Waals surface area contributed by atoms with Gasteiger partial charge in [-0.05, 0) is 70.4 Å². The van der Waals surface area contributed by atoms with Gasteiger partial charge in [0.1, 0.15) is 12.2 Å². The molecule has 31 heavy (non-hydrogen) atoms. The lowest BCUT2D eigenvalue weighted by atomic mass is 9.44. The van der Waals surface area contributed by atoms with E-state index in [2.05, 4.69) is 0 Å². The molecule has 0 saturated heterocycles. The number of carbonyl (C=O) groups is 2. The van der Waals surface area contributed by atoms with Gasteiger partial charge in [-0.2, -0.15) is 0 Å². The number of ether oxygens (including phenoxy) is 1. The predicted octanol–water partition coefficient (Wildman–Crippen LogP) is 3.33. The maximum Gasteiger partial charge on any atom is 0.190 e. The van der Waals surface area contributed by atoms with Crippen molar-refractivity contribution in [1.82, 2.24) is 0 Å². The molecule has 0 amide bonds. The van der Waals surface area contributed by atoms with Gasteiger partial charge in [-0.3, -0.25) is 9.59 Å². The van der Waals surface area contributed by atoms with Gasteiger partial charge in [-0.15, -0.1) is 0 Å². The number of allylic oxidation sites excluding steroid dienone is 4. The summed E-state index contributed by atoms with van der Waals surface area (Å²) in [5.74, 6) is -1.68. The molecule has 172 valence electrons. The van der Waals surface area contributed by atoms with Crippen molar-refractivity contribution in [2.75, 3.05) is 6.61 Å². The molecule has 6 heteroatoms. The zero-order valence-corrected chi connectivity index (χ0v) is 19.2. The molecule has 0 bridgehead atoms. The number of Topliss-reactive ketones (excluding diaryl/α,β-unsaturated/α-hetero) is 1. The Morgan fingerprint density at radius 3 is 2.65 bits per heavy atom. The van der Waals surface area contributed by atoms with Gasteiger partial charge in [0.25, 0.3) is 0 Å². The smallest absolute Gasteiger partial charge is 0.190 e. The van der Waals surface area contributed by atoms with Crippen LogP contribution in [-0.2, 0) is 14.3 Å². The van der Waals surface area contributed by atoms with Gasteiger partial charge in [-0.25, -0.2) is 4.39 Å². The predicted molar refractivity (Wildman–Crippen MR) is 114 cm³/mol. The van der Waals surface area contributed by atoms with Crippen LogP contribution in [-0.4, -0.2) is 51.9 Å². The molecule has 5 nitrogen and oxygen atoms in total. The number of aliphatic hydroxyl groups excluding tert-OH is 1. The summed E-state index contributed by atoms with van der Waals surface area (Å²) in [5, 5.41) is 23.1. The fourth-order valence-corrected chi connectivity index (χ4v) is 7.49. The Hall–Kier alpha value is -1.37. The van der Waals surface area contributed by atoms with Crippen molar-refractivity contribution in [3.8, 4) is 0 Å². The lowest BCUT2D eigenvalue weighted by molar-refractivity contribution is -0.220. The van der Waals surface area contributed by atoms with Crippen LogP contribution in [0.4, 0.5) is 4.39 Å². The molecule has 0 heterocycles. The van der Waals surface area contributed by atoms with E-state index in [9.17, 15) is 19.8 Å². The quantitative estimate of drug-likeness (QED) is 0.709. The summed E-state index contributed by atoms with van der Waals surface area (Å²) in [5.41, 5.74) is -4.93.